The van der Waals surface area contributed by atoms with Crippen molar-refractivity contribution in [2.75, 3.05) is 31.6 Å². The molecule has 0 radical (unpaired) electrons. The van der Waals surface area contributed by atoms with Gasteiger partial charge in [-0.1, -0.05) is 12.1 Å². The molecule has 2 N–H and O–H groups in total. The van der Waals surface area contributed by atoms with Crippen LogP contribution in [0.3, 0.4) is 0 Å². The average molecular weight is 371 g/mol. The second-order valence-electron chi connectivity index (χ2n) is 8.09. The van der Waals surface area contributed by atoms with Crippen molar-refractivity contribution >= 4 is 17.5 Å². The van der Waals surface area contributed by atoms with Gasteiger partial charge in [-0.05, 0) is 49.3 Å². The molecule has 4 rings (SSSR count). The van der Waals surface area contributed by atoms with Gasteiger partial charge in [0.2, 0.25) is 11.8 Å². The van der Waals surface area contributed by atoms with Crippen molar-refractivity contribution in [2.45, 2.75) is 50.6 Å². The summed E-state index contributed by atoms with van der Waals surface area (Å²) in [5.74, 6) is 0.725. The van der Waals surface area contributed by atoms with E-state index in [4.69, 9.17) is 4.74 Å². The summed E-state index contributed by atoms with van der Waals surface area (Å²) >= 11 is 0. The fourth-order valence-electron chi connectivity index (χ4n) is 4.62. The molecular formula is C21H29N3O3. The predicted octanol–water partition coefficient (Wildman–Crippen LogP) is 1.95. The van der Waals surface area contributed by atoms with E-state index in [0.29, 0.717) is 57.1 Å². The maximum absolute atomic E-state index is 12.4. The van der Waals surface area contributed by atoms with E-state index in [-0.39, 0.29) is 11.8 Å². The molecule has 146 valence electrons. The van der Waals surface area contributed by atoms with Gasteiger partial charge in [0, 0.05) is 37.3 Å². The topological polar surface area (TPSA) is 70.7 Å². The number of fused-ring (bicyclic) bond motifs is 2. The maximum atomic E-state index is 12.4. The quantitative estimate of drug-likeness (QED) is 0.830. The van der Waals surface area contributed by atoms with Crippen molar-refractivity contribution in [1.82, 2.24) is 10.2 Å². The molecule has 1 aromatic rings. The molecule has 2 bridgehead atoms. The summed E-state index contributed by atoms with van der Waals surface area (Å²) in [6, 6.07) is 8.88. The number of carbonyl (C=O) groups excluding carboxylic acids is 2. The van der Waals surface area contributed by atoms with Gasteiger partial charge in [-0.25, -0.2) is 0 Å². The number of anilines is 1. The van der Waals surface area contributed by atoms with Crippen LogP contribution in [0.15, 0.2) is 24.3 Å². The molecule has 6 nitrogen and oxygen atoms in total. The highest BCUT2D eigenvalue weighted by atomic mass is 16.5. The molecule has 3 fully saturated rings. The molecule has 1 aromatic carbocycles. The van der Waals surface area contributed by atoms with Crippen LogP contribution < -0.4 is 10.6 Å². The number of nitrogens with zero attached hydrogens (tertiary/aromatic N) is 1. The monoisotopic (exact) mass is 371 g/mol. The fraction of sp³-hybridized carbons (Fsp3) is 0.619. The lowest BCUT2D eigenvalue weighted by molar-refractivity contribution is -0.134. The Bertz CT molecular complexity index is 658. The van der Waals surface area contributed by atoms with Crippen LogP contribution in [0.25, 0.3) is 0 Å². The molecule has 3 aliphatic heterocycles. The van der Waals surface area contributed by atoms with Gasteiger partial charge in [0.1, 0.15) is 0 Å². The molecular weight excluding hydrogens is 342 g/mol. The summed E-state index contributed by atoms with van der Waals surface area (Å²) in [5.41, 5.74) is 1.78. The number of carbonyl (C=O) groups is 2. The van der Waals surface area contributed by atoms with E-state index >= 15 is 0 Å². The number of hydrogen-bond acceptors (Lipinski definition) is 4. The first kappa shape index (κ1) is 18.4. The normalized spacial score (nSPS) is 27.4. The zero-order valence-corrected chi connectivity index (χ0v) is 15.8. The minimum absolute atomic E-state index is 0.0958. The lowest BCUT2D eigenvalue weighted by Crippen LogP contribution is -2.41. The van der Waals surface area contributed by atoms with Gasteiger partial charge in [-0.3, -0.25) is 9.59 Å². The van der Waals surface area contributed by atoms with E-state index < -0.39 is 0 Å². The third-order valence-corrected chi connectivity index (χ3v) is 6.00. The Kier molecular flexibility index (Phi) is 5.74. The zero-order chi connectivity index (χ0) is 18.6. The summed E-state index contributed by atoms with van der Waals surface area (Å²) in [6.07, 6.45) is 5.75. The fourth-order valence-corrected chi connectivity index (χ4v) is 4.62. The number of hydrogen-bond donors (Lipinski definition) is 2. The lowest BCUT2D eigenvalue weighted by atomic mass is 9.89. The van der Waals surface area contributed by atoms with E-state index in [1.54, 1.807) is 0 Å². The summed E-state index contributed by atoms with van der Waals surface area (Å²) in [7, 11) is 0. The van der Waals surface area contributed by atoms with E-state index in [9.17, 15) is 9.59 Å². The molecule has 2 unspecified atom stereocenters. The summed E-state index contributed by atoms with van der Waals surface area (Å²) in [4.78, 5) is 26.5. The molecule has 0 aromatic heterocycles. The van der Waals surface area contributed by atoms with Crippen molar-refractivity contribution in [2.24, 2.45) is 5.92 Å². The van der Waals surface area contributed by atoms with Gasteiger partial charge in [-0.15, -0.1) is 0 Å². The summed E-state index contributed by atoms with van der Waals surface area (Å²) < 4.78 is 5.28. The smallest absolute Gasteiger partial charge is 0.227 e. The van der Waals surface area contributed by atoms with Gasteiger partial charge in [0.15, 0.2) is 0 Å². The van der Waals surface area contributed by atoms with Gasteiger partial charge >= 0.3 is 0 Å². The van der Waals surface area contributed by atoms with E-state index in [1.807, 2.05) is 29.2 Å². The maximum Gasteiger partial charge on any atom is 0.227 e. The zero-order valence-electron chi connectivity index (χ0n) is 15.8. The number of nitrogens with one attached hydrogen (secondary N) is 2. The van der Waals surface area contributed by atoms with Crippen LogP contribution in [0.1, 0.15) is 37.7 Å². The highest BCUT2D eigenvalue weighted by Crippen LogP contribution is 2.32. The van der Waals surface area contributed by atoms with Crippen molar-refractivity contribution in [3.8, 4) is 0 Å². The highest BCUT2D eigenvalue weighted by molar-refractivity contribution is 5.91. The first-order chi connectivity index (χ1) is 13.2. The molecule has 0 aliphatic carbocycles. The van der Waals surface area contributed by atoms with Crippen molar-refractivity contribution in [1.29, 1.82) is 0 Å². The van der Waals surface area contributed by atoms with Crippen LogP contribution in [0, 0.1) is 5.92 Å². The number of benzene rings is 1. The van der Waals surface area contributed by atoms with E-state index in [0.717, 1.165) is 24.1 Å². The summed E-state index contributed by atoms with van der Waals surface area (Å²) in [5, 5.41) is 6.63. The van der Waals surface area contributed by atoms with Crippen molar-refractivity contribution in [3.05, 3.63) is 29.8 Å². The molecule has 2 atom stereocenters. The Morgan fingerprint density at radius 1 is 1.07 bits per heavy atom. The molecule has 6 heteroatoms. The van der Waals surface area contributed by atoms with Crippen molar-refractivity contribution < 1.29 is 14.3 Å². The summed E-state index contributed by atoms with van der Waals surface area (Å²) in [6.45, 7) is 2.58. The minimum atomic E-state index is 0.0958. The highest BCUT2D eigenvalue weighted by Gasteiger charge is 2.34. The van der Waals surface area contributed by atoms with Gasteiger partial charge in [0.25, 0.3) is 0 Å². The minimum Gasteiger partial charge on any atom is -0.378 e. The van der Waals surface area contributed by atoms with Crippen LogP contribution in [0.2, 0.25) is 0 Å². The number of ether oxygens (including phenoxy) is 1. The molecule has 2 amide bonds. The molecule has 3 aliphatic rings. The van der Waals surface area contributed by atoms with E-state index in [1.165, 1.54) is 12.8 Å². The van der Waals surface area contributed by atoms with Gasteiger partial charge < -0.3 is 20.3 Å². The number of piperidine rings is 1. The Morgan fingerprint density at radius 2 is 1.74 bits per heavy atom. The van der Waals surface area contributed by atoms with Crippen LogP contribution in [-0.2, 0) is 20.7 Å². The number of morpholine rings is 1. The second-order valence-corrected chi connectivity index (χ2v) is 8.09. The van der Waals surface area contributed by atoms with Crippen LogP contribution >= 0.6 is 0 Å². The lowest BCUT2D eigenvalue weighted by Gasteiger charge is -2.28. The molecule has 0 saturated carbocycles. The predicted molar refractivity (Wildman–Crippen MR) is 103 cm³/mol. The number of rotatable bonds is 5. The standard InChI is InChI=1S/C21H29N3O3/c25-20(13-16-11-18-5-6-19(12-16)22-18)23-17-3-1-15(2-4-17)14-21(26)24-7-9-27-10-8-24/h1-4,16,18-19,22H,5-14H2,(H,23,25). The Balaban J connectivity index is 1.25. The molecule has 3 saturated heterocycles. The largest absolute Gasteiger partial charge is 0.378 e. The van der Waals surface area contributed by atoms with E-state index in [2.05, 4.69) is 10.6 Å². The molecule has 3 heterocycles. The Labute approximate surface area is 160 Å². The van der Waals surface area contributed by atoms with Crippen LogP contribution in [0.4, 0.5) is 5.69 Å². The third-order valence-electron chi connectivity index (χ3n) is 6.00. The molecule has 27 heavy (non-hydrogen) atoms. The van der Waals surface area contributed by atoms with Crippen LogP contribution in [-0.4, -0.2) is 55.1 Å². The van der Waals surface area contributed by atoms with Crippen LogP contribution in [0.5, 0.6) is 0 Å². The Morgan fingerprint density at radius 3 is 2.41 bits per heavy atom. The third kappa shape index (κ3) is 4.87. The number of amides is 2. The Hall–Kier alpha value is -1.92. The second kappa shape index (κ2) is 8.40. The van der Waals surface area contributed by atoms with Gasteiger partial charge in [-0.2, -0.15) is 0 Å². The SMILES string of the molecule is O=C(CC1CC2CCC(C1)N2)Nc1ccc(CC(=O)N2CCOCC2)cc1. The van der Waals surface area contributed by atoms with Crippen molar-refractivity contribution in [3.63, 3.8) is 0 Å². The first-order valence-electron chi connectivity index (χ1n) is 10.2. The average Bonchev–Trinajstić information content (AvgIpc) is 3.02. The van der Waals surface area contributed by atoms with Gasteiger partial charge in [0.05, 0.1) is 19.6 Å². The first-order valence-corrected chi connectivity index (χ1v) is 10.2. The molecule has 0 spiro atoms.